The van der Waals surface area contributed by atoms with E-state index in [1.807, 2.05) is 98.8 Å². The molecule has 1 fully saturated rings. The van der Waals surface area contributed by atoms with Gasteiger partial charge in [-0.3, -0.25) is 28.8 Å². The second-order valence-electron chi connectivity index (χ2n) is 14.2. The Balaban J connectivity index is 1.45. The first kappa shape index (κ1) is 44.4. The molecule has 14 heteroatoms. The Bertz CT molecular complexity index is 1910. The number of esters is 4. The number of amides is 2. The second kappa shape index (κ2) is 21.9. The van der Waals surface area contributed by atoms with E-state index in [0.29, 0.717) is 35.8 Å². The topological polar surface area (TPSA) is 164 Å². The molecule has 0 saturated heterocycles. The summed E-state index contributed by atoms with van der Waals surface area (Å²) in [6, 6.07) is 32.9. The van der Waals surface area contributed by atoms with Crippen molar-refractivity contribution in [1.82, 2.24) is 9.80 Å². The third-order valence-corrected chi connectivity index (χ3v) is 9.75. The van der Waals surface area contributed by atoms with Crippen LogP contribution in [0.3, 0.4) is 0 Å². The summed E-state index contributed by atoms with van der Waals surface area (Å²) in [7, 11) is 0. The van der Waals surface area contributed by atoms with E-state index >= 15 is 0 Å². The molecule has 2 amide bonds. The van der Waals surface area contributed by atoms with Crippen LogP contribution in [0.5, 0.6) is 23.0 Å². The summed E-state index contributed by atoms with van der Waals surface area (Å²) in [5.41, 5.74) is 1.50. The Morgan fingerprint density at radius 3 is 1.10 bits per heavy atom. The van der Waals surface area contributed by atoms with Gasteiger partial charge in [-0.1, -0.05) is 74.5 Å². The first-order chi connectivity index (χ1) is 29.0. The molecule has 0 unspecified atom stereocenters. The molecule has 4 aromatic carbocycles. The standard InChI is InChI=1S/C46H50N2O12/c1-5-25-47(27-33-17-21-37(22-18-33)59-35-13-9-7-10-14-35)43(51)39-40(42(46(54)58-30-56-32(4)50)41(39)45(53)57-29-55-31(3)49)44(52)48(26-6-2)28-34-19-23-38(24-20-34)60-36-15-11-8-12-16-36/h7-24,39-42H,5-6,25-30H2,1-4H3/t39-,40-,41-,42-/m0/s1. The zero-order valence-electron chi connectivity index (χ0n) is 34.2. The summed E-state index contributed by atoms with van der Waals surface area (Å²) in [4.78, 5) is 83.5. The molecule has 4 aromatic rings. The molecule has 0 aliphatic heterocycles. The molecule has 1 aliphatic carbocycles. The fourth-order valence-corrected chi connectivity index (χ4v) is 6.99. The minimum Gasteiger partial charge on any atom is -0.457 e. The molecule has 1 saturated carbocycles. The smallest absolute Gasteiger partial charge is 0.313 e. The van der Waals surface area contributed by atoms with E-state index in [-0.39, 0.29) is 26.2 Å². The monoisotopic (exact) mass is 822 g/mol. The molecule has 0 spiro atoms. The molecule has 0 N–H and O–H groups in total. The molecule has 0 heterocycles. The van der Waals surface area contributed by atoms with E-state index in [4.69, 9.17) is 28.4 Å². The fourth-order valence-electron chi connectivity index (χ4n) is 6.99. The zero-order valence-corrected chi connectivity index (χ0v) is 34.2. The Morgan fingerprint density at radius 2 is 0.783 bits per heavy atom. The van der Waals surface area contributed by atoms with E-state index in [2.05, 4.69) is 0 Å². The molecule has 0 bridgehead atoms. The fraction of sp³-hybridized carbons (Fsp3) is 0.348. The van der Waals surface area contributed by atoms with Gasteiger partial charge in [0.25, 0.3) is 0 Å². The van der Waals surface area contributed by atoms with Crippen LogP contribution in [-0.2, 0) is 60.8 Å². The Kier molecular flexibility index (Phi) is 16.2. The molecular weight excluding hydrogens is 773 g/mol. The molecule has 1 aliphatic rings. The minimum absolute atomic E-state index is 0.114. The zero-order chi connectivity index (χ0) is 43.0. The number of hydrogen-bond acceptors (Lipinski definition) is 12. The first-order valence-corrected chi connectivity index (χ1v) is 19.8. The van der Waals surface area contributed by atoms with Crippen molar-refractivity contribution >= 4 is 35.7 Å². The van der Waals surface area contributed by atoms with Crippen molar-refractivity contribution < 1.29 is 57.2 Å². The number of hydrogen-bond donors (Lipinski definition) is 0. The number of para-hydroxylation sites is 2. The van der Waals surface area contributed by atoms with Crippen LogP contribution in [0.2, 0.25) is 0 Å². The van der Waals surface area contributed by atoms with Gasteiger partial charge in [0.2, 0.25) is 25.4 Å². The average Bonchev–Trinajstić information content (AvgIpc) is 3.22. The Morgan fingerprint density at radius 1 is 0.450 bits per heavy atom. The van der Waals surface area contributed by atoms with Crippen LogP contribution in [0.25, 0.3) is 0 Å². The summed E-state index contributed by atoms with van der Waals surface area (Å²) in [5, 5.41) is 0. The van der Waals surface area contributed by atoms with Crippen molar-refractivity contribution in [3.63, 3.8) is 0 Å². The number of ether oxygens (including phenoxy) is 6. The molecule has 316 valence electrons. The lowest BCUT2D eigenvalue weighted by Gasteiger charge is -2.49. The summed E-state index contributed by atoms with van der Waals surface area (Å²) < 4.78 is 32.1. The normalized spacial score (nSPS) is 16.6. The van der Waals surface area contributed by atoms with Gasteiger partial charge in [-0.2, -0.15) is 0 Å². The lowest BCUT2D eigenvalue weighted by atomic mass is 9.55. The number of carbonyl (C=O) groups excluding carboxylic acids is 6. The van der Waals surface area contributed by atoms with Gasteiger partial charge in [-0.25, -0.2) is 0 Å². The van der Waals surface area contributed by atoms with Crippen LogP contribution in [0, 0.1) is 23.7 Å². The van der Waals surface area contributed by atoms with Gasteiger partial charge in [0.1, 0.15) is 23.0 Å². The van der Waals surface area contributed by atoms with Crippen LogP contribution >= 0.6 is 0 Å². The van der Waals surface area contributed by atoms with Gasteiger partial charge in [0, 0.05) is 40.0 Å². The summed E-state index contributed by atoms with van der Waals surface area (Å²) >= 11 is 0. The van der Waals surface area contributed by atoms with Gasteiger partial charge in [-0.15, -0.1) is 0 Å². The van der Waals surface area contributed by atoms with Crippen molar-refractivity contribution in [3.05, 3.63) is 120 Å². The van der Waals surface area contributed by atoms with Crippen molar-refractivity contribution in [3.8, 4) is 23.0 Å². The Hall–Kier alpha value is -6.70. The molecule has 14 nitrogen and oxygen atoms in total. The van der Waals surface area contributed by atoms with E-state index in [1.165, 1.54) is 0 Å². The number of carbonyl (C=O) groups is 6. The summed E-state index contributed by atoms with van der Waals surface area (Å²) in [5.74, 6) is -7.91. The summed E-state index contributed by atoms with van der Waals surface area (Å²) in [6.45, 7) is 5.22. The molecular formula is C46H50N2O12. The van der Waals surface area contributed by atoms with Crippen LogP contribution in [0.15, 0.2) is 109 Å². The van der Waals surface area contributed by atoms with Gasteiger partial charge in [0.15, 0.2) is 0 Å². The highest BCUT2D eigenvalue weighted by Crippen LogP contribution is 2.50. The predicted octanol–water partition coefficient (Wildman–Crippen LogP) is 7.05. The van der Waals surface area contributed by atoms with Crippen LogP contribution in [0.1, 0.15) is 51.7 Å². The van der Waals surface area contributed by atoms with Crippen molar-refractivity contribution in [2.45, 2.75) is 53.6 Å². The third kappa shape index (κ3) is 12.2. The summed E-state index contributed by atoms with van der Waals surface area (Å²) in [6.07, 6.45) is 1.07. The molecule has 0 aromatic heterocycles. The van der Waals surface area contributed by atoms with Crippen LogP contribution < -0.4 is 9.47 Å². The van der Waals surface area contributed by atoms with Gasteiger partial charge >= 0.3 is 23.9 Å². The quantitative estimate of drug-likeness (QED) is 0.0660. The van der Waals surface area contributed by atoms with Crippen molar-refractivity contribution in [2.24, 2.45) is 23.7 Å². The van der Waals surface area contributed by atoms with Crippen molar-refractivity contribution in [1.29, 1.82) is 0 Å². The molecule has 5 rings (SSSR count). The number of benzene rings is 4. The lowest BCUT2D eigenvalue weighted by Crippen LogP contribution is -2.64. The highest BCUT2D eigenvalue weighted by Gasteiger charge is 2.65. The van der Waals surface area contributed by atoms with Crippen molar-refractivity contribution in [2.75, 3.05) is 26.7 Å². The minimum atomic E-state index is -1.51. The highest BCUT2D eigenvalue weighted by atomic mass is 16.7. The maximum Gasteiger partial charge on any atom is 0.313 e. The van der Waals surface area contributed by atoms with Crippen LogP contribution in [0.4, 0.5) is 0 Å². The van der Waals surface area contributed by atoms with Gasteiger partial charge in [0.05, 0.1) is 23.7 Å². The third-order valence-electron chi connectivity index (χ3n) is 9.75. The first-order valence-electron chi connectivity index (χ1n) is 19.8. The largest absolute Gasteiger partial charge is 0.457 e. The Labute approximate surface area is 349 Å². The maximum atomic E-state index is 14.8. The molecule has 60 heavy (non-hydrogen) atoms. The molecule has 4 atom stereocenters. The lowest BCUT2D eigenvalue weighted by molar-refractivity contribution is -0.202. The van der Waals surface area contributed by atoms with E-state index < -0.39 is 72.9 Å². The van der Waals surface area contributed by atoms with Gasteiger partial charge < -0.3 is 38.2 Å². The second-order valence-corrected chi connectivity index (χ2v) is 14.2. The number of nitrogens with zero attached hydrogens (tertiary/aromatic N) is 2. The molecule has 0 radical (unpaired) electrons. The van der Waals surface area contributed by atoms with E-state index in [1.54, 1.807) is 34.1 Å². The van der Waals surface area contributed by atoms with Gasteiger partial charge in [-0.05, 0) is 72.5 Å². The SMILES string of the molecule is CCCN(Cc1ccc(Oc2ccccc2)cc1)C(=O)[C@@H]1[C@H](C(=O)OCOC(C)=O)[C@@H](C(=O)OCOC(C)=O)[C@H]1C(=O)N(CCC)Cc1ccc(Oc2ccccc2)cc1. The average molecular weight is 823 g/mol. The highest BCUT2D eigenvalue weighted by molar-refractivity contribution is 6.00. The predicted molar refractivity (Wildman–Crippen MR) is 217 cm³/mol. The van der Waals surface area contributed by atoms with E-state index in [9.17, 15) is 28.8 Å². The van der Waals surface area contributed by atoms with Crippen LogP contribution in [-0.4, -0.2) is 72.2 Å². The van der Waals surface area contributed by atoms with E-state index in [0.717, 1.165) is 25.0 Å². The maximum absolute atomic E-state index is 14.8. The number of rotatable bonds is 20.